The Hall–Kier alpha value is -0.470. The maximum Gasteiger partial charge on any atom is 0.189 e. The van der Waals surface area contributed by atoms with E-state index in [4.69, 9.17) is 5.11 Å². The van der Waals surface area contributed by atoms with Gasteiger partial charge in [0.05, 0.1) is 6.35 Å². The average Bonchev–Trinajstić information content (AvgIpc) is 2.20. The molecule has 80 valence electrons. The van der Waals surface area contributed by atoms with Gasteiger partial charge in [-0.25, -0.2) is 0 Å². The highest BCUT2D eigenvalue weighted by atomic mass is 31.0. The number of hydrogen-bond donors (Lipinski definition) is 3. The minimum Gasteiger partial charge on any atom is -0.392 e. The fourth-order valence-corrected chi connectivity index (χ4v) is 0.909. The summed E-state index contributed by atoms with van der Waals surface area (Å²) < 4.78 is 0. The molecular formula is C10H17O3P. The Morgan fingerprint density at radius 1 is 1.21 bits per heavy atom. The summed E-state index contributed by atoms with van der Waals surface area (Å²) >= 11 is 0. The summed E-state index contributed by atoms with van der Waals surface area (Å²) in [7, 11) is 2.13. The molecule has 4 heteroatoms. The zero-order valence-corrected chi connectivity index (χ0v) is 9.37. The lowest BCUT2D eigenvalue weighted by atomic mass is 10.0. The smallest absolute Gasteiger partial charge is 0.189 e. The summed E-state index contributed by atoms with van der Waals surface area (Å²) in [6.45, 7) is 1.73. The van der Waals surface area contributed by atoms with Crippen molar-refractivity contribution in [3.63, 3.8) is 0 Å². The van der Waals surface area contributed by atoms with Crippen molar-refractivity contribution in [2.45, 2.75) is 19.1 Å². The van der Waals surface area contributed by atoms with Gasteiger partial charge in [-0.05, 0) is 0 Å². The van der Waals surface area contributed by atoms with E-state index < -0.39 is 5.79 Å². The van der Waals surface area contributed by atoms with Gasteiger partial charge < -0.3 is 15.3 Å². The Kier molecular flexibility index (Phi) is 6.67. The van der Waals surface area contributed by atoms with Crippen LogP contribution in [-0.2, 0) is 5.79 Å². The van der Waals surface area contributed by atoms with Gasteiger partial charge in [0, 0.05) is 12.0 Å². The molecule has 0 aliphatic rings. The van der Waals surface area contributed by atoms with Crippen molar-refractivity contribution in [2.75, 3.05) is 6.35 Å². The van der Waals surface area contributed by atoms with E-state index in [1.807, 2.05) is 6.07 Å². The maximum absolute atomic E-state index is 9.35. The van der Waals surface area contributed by atoms with Crippen molar-refractivity contribution in [2.24, 2.45) is 0 Å². The molecule has 0 spiro atoms. The Bertz CT molecular complexity index is 236. The van der Waals surface area contributed by atoms with Crippen LogP contribution in [0.1, 0.15) is 18.9 Å². The first-order valence-electron chi connectivity index (χ1n) is 4.39. The fraction of sp³-hybridized carbons (Fsp3) is 0.400. The molecule has 1 unspecified atom stereocenters. The molecule has 0 saturated heterocycles. The molecule has 0 heterocycles. The van der Waals surface area contributed by atoms with Crippen LogP contribution in [0.5, 0.6) is 0 Å². The first-order valence-corrected chi connectivity index (χ1v) is 5.21. The standard InChI is InChI=1S/C9H12O2.CH5OP/c1-2-9(10,11)8-6-4-3-5-7-8;2-1-3/h3-7,10-11H,2H2,1H3;2H,1,3H2. The highest BCUT2D eigenvalue weighted by molar-refractivity contribution is 7.16. The Balaban J connectivity index is 0.000000500. The molecule has 1 aromatic carbocycles. The zero-order valence-electron chi connectivity index (χ0n) is 8.22. The summed E-state index contributed by atoms with van der Waals surface area (Å²) in [6, 6.07) is 8.81. The van der Waals surface area contributed by atoms with E-state index in [2.05, 4.69) is 9.24 Å². The topological polar surface area (TPSA) is 60.7 Å². The fourth-order valence-electron chi connectivity index (χ4n) is 0.909. The molecule has 3 N–H and O–H groups in total. The van der Waals surface area contributed by atoms with Crippen LogP contribution < -0.4 is 0 Å². The summed E-state index contributed by atoms with van der Waals surface area (Å²) in [5.74, 6) is -1.67. The molecule has 0 amide bonds. The van der Waals surface area contributed by atoms with Crippen LogP contribution in [0, 0.1) is 0 Å². The number of aliphatic hydroxyl groups excluding tert-OH is 1. The number of rotatable bonds is 2. The third-order valence-electron chi connectivity index (χ3n) is 1.73. The van der Waals surface area contributed by atoms with E-state index in [1.165, 1.54) is 0 Å². The average molecular weight is 216 g/mol. The second-order valence-electron chi connectivity index (χ2n) is 2.72. The van der Waals surface area contributed by atoms with Crippen molar-refractivity contribution >= 4 is 9.24 Å². The van der Waals surface area contributed by atoms with Crippen LogP contribution in [-0.4, -0.2) is 21.7 Å². The second kappa shape index (κ2) is 6.91. The molecule has 3 nitrogen and oxygen atoms in total. The van der Waals surface area contributed by atoms with Crippen molar-refractivity contribution < 1.29 is 15.3 Å². The molecule has 1 atom stereocenters. The van der Waals surface area contributed by atoms with Crippen LogP contribution >= 0.6 is 9.24 Å². The van der Waals surface area contributed by atoms with Gasteiger partial charge in [-0.15, -0.1) is 9.24 Å². The van der Waals surface area contributed by atoms with Crippen molar-refractivity contribution in [1.82, 2.24) is 0 Å². The van der Waals surface area contributed by atoms with E-state index in [-0.39, 0.29) is 6.35 Å². The Morgan fingerprint density at radius 3 is 2.00 bits per heavy atom. The zero-order chi connectivity index (χ0) is 11.0. The highest BCUT2D eigenvalue weighted by Gasteiger charge is 2.21. The molecule has 1 rings (SSSR count). The van der Waals surface area contributed by atoms with E-state index >= 15 is 0 Å². The molecule has 14 heavy (non-hydrogen) atoms. The van der Waals surface area contributed by atoms with Gasteiger partial charge in [-0.3, -0.25) is 0 Å². The van der Waals surface area contributed by atoms with E-state index in [1.54, 1.807) is 31.2 Å². The van der Waals surface area contributed by atoms with Gasteiger partial charge >= 0.3 is 0 Å². The van der Waals surface area contributed by atoms with Crippen molar-refractivity contribution in [3.05, 3.63) is 35.9 Å². The first kappa shape index (κ1) is 13.5. The minimum absolute atomic E-state index is 0.167. The monoisotopic (exact) mass is 216 g/mol. The van der Waals surface area contributed by atoms with Crippen LogP contribution in [0.2, 0.25) is 0 Å². The largest absolute Gasteiger partial charge is 0.392 e. The van der Waals surface area contributed by atoms with Gasteiger partial charge in [0.2, 0.25) is 0 Å². The maximum atomic E-state index is 9.35. The SMILES string of the molecule is CCC(O)(O)c1ccccc1.OCP. The molecule has 0 aromatic heterocycles. The molecule has 0 bridgehead atoms. The summed E-state index contributed by atoms with van der Waals surface area (Å²) in [5.41, 5.74) is 0.544. The lowest BCUT2D eigenvalue weighted by Crippen LogP contribution is -2.23. The summed E-state index contributed by atoms with van der Waals surface area (Å²) in [4.78, 5) is 0. The quantitative estimate of drug-likeness (QED) is 0.511. The lowest BCUT2D eigenvalue weighted by Gasteiger charge is -2.19. The number of hydrogen-bond acceptors (Lipinski definition) is 3. The van der Waals surface area contributed by atoms with Crippen molar-refractivity contribution in [1.29, 1.82) is 0 Å². The lowest BCUT2D eigenvalue weighted by molar-refractivity contribution is -0.171. The molecule has 0 fully saturated rings. The normalized spacial score (nSPS) is 10.4. The Morgan fingerprint density at radius 2 is 1.64 bits per heavy atom. The van der Waals surface area contributed by atoms with Gasteiger partial charge in [-0.2, -0.15) is 0 Å². The molecule has 0 saturated carbocycles. The van der Waals surface area contributed by atoms with Gasteiger partial charge in [0.15, 0.2) is 5.79 Å². The van der Waals surface area contributed by atoms with Crippen LogP contribution in [0.4, 0.5) is 0 Å². The van der Waals surface area contributed by atoms with Gasteiger partial charge in [-0.1, -0.05) is 37.3 Å². The van der Waals surface area contributed by atoms with Gasteiger partial charge in [0.25, 0.3) is 0 Å². The third-order valence-corrected chi connectivity index (χ3v) is 1.73. The minimum atomic E-state index is -1.67. The molecular weight excluding hydrogens is 199 g/mol. The van der Waals surface area contributed by atoms with Crippen LogP contribution in [0.25, 0.3) is 0 Å². The second-order valence-corrected chi connectivity index (χ2v) is 3.08. The summed E-state index contributed by atoms with van der Waals surface area (Å²) in [5, 5.41) is 26.2. The summed E-state index contributed by atoms with van der Waals surface area (Å²) in [6.07, 6.45) is 0.469. The highest BCUT2D eigenvalue weighted by Crippen LogP contribution is 2.20. The van der Waals surface area contributed by atoms with Crippen LogP contribution in [0.15, 0.2) is 30.3 Å². The van der Waals surface area contributed by atoms with Crippen LogP contribution in [0.3, 0.4) is 0 Å². The van der Waals surface area contributed by atoms with E-state index in [0.29, 0.717) is 12.0 Å². The van der Waals surface area contributed by atoms with E-state index in [9.17, 15) is 10.2 Å². The number of benzene rings is 1. The third kappa shape index (κ3) is 4.68. The van der Waals surface area contributed by atoms with Gasteiger partial charge in [0.1, 0.15) is 0 Å². The first-order chi connectivity index (χ1) is 6.58. The molecule has 0 aliphatic heterocycles. The Labute approximate surface area is 86.6 Å². The predicted molar refractivity (Wildman–Crippen MR) is 59.6 cm³/mol. The predicted octanol–water partition coefficient (Wildman–Crippen LogP) is 1.05. The molecule has 0 aliphatic carbocycles. The van der Waals surface area contributed by atoms with Crippen molar-refractivity contribution in [3.8, 4) is 0 Å². The molecule has 0 radical (unpaired) electrons. The molecule has 1 aromatic rings. The van der Waals surface area contributed by atoms with E-state index in [0.717, 1.165) is 0 Å². The number of aliphatic hydroxyl groups is 3.